The van der Waals surface area contributed by atoms with Gasteiger partial charge in [-0.2, -0.15) is 0 Å². The molecule has 1 saturated heterocycles. The number of amides is 2. The monoisotopic (exact) mass is 390 g/mol. The van der Waals surface area contributed by atoms with E-state index in [4.69, 9.17) is 0 Å². The zero-order valence-corrected chi connectivity index (χ0v) is 16.9. The Morgan fingerprint density at radius 3 is 2.41 bits per heavy atom. The Balaban J connectivity index is 1.41. The Bertz CT molecular complexity index is 977. The molecule has 0 unspecified atom stereocenters. The lowest BCUT2D eigenvalue weighted by molar-refractivity contribution is 0.208. The average Bonchev–Trinajstić information content (AvgIpc) is 3.29. The van der Waals surface area contributed by atoms with E-state index < -0.39 is 0 Å². The van der Waals surface area contributed by atoms with E-state index >= 15 is 0 Å². The molecule has 1 aliphatic heterocycles. The summed E-state index contributed by atoms with van der Waals surface area (Å²) in [6.07, 6.45) is 4.84. The molecule has 2 amide bonds. The second kappa shape index (κ2) is 8.34. The number of para-hydroxylation sites is 1. The van der Waals surface area contributed by atoms with Crippen LogP contribution in [0.15, 0.2) is 54.9 Å². The predicted molar refractivity (Wildman–Crippen MR) is 115 cm³/mol. The van der Waals surface area contributed by atoms with Crippen LogP contribution in [0.4, 0.5) is 16.3 Å². The summed E-state index contributed by atoms with van der Waals surface area (Å²) in [5, 5.41) is 3.06. The molecule has 0 aliphatic carbocycles. The average molecular weight is 390 g/mol. The van der Waals surface area contributed by atoms with Crippen LogP contribution in [0.25, 0.3) is 5.82 Å². The van der Waals surface area contributed by atoms with Crippen LogP contribution in [-0.2, 0) is 6.42 Å². The van der Waals surface area contributed by atoms with Crippen molar-refractivity contribution in [2.75, 3.05) is 36.4 Å². The number of hydrogen-bond acceptors (Lipinski definition) is 4. The third kappa shape index (κ3) is 4.23. The van der Waals surface area contributed by atoms with Gasteiger partial charge >= 0.3 is 6.03 Å². The smallest absolute Gasteiger partial charge is 0.321 e. The maximum atomic E-state index is 12.7. The molecule has 1 aromatic carbocycles. The molecule has 1 aliphatic rings. The number of nitrogens with one attached hydrogen (secondary N) is 1. The van der Waals surface area contributed by atoms with E-state index in [1.165, 1.54) is 0 Å². The van der Waals surface area contributed by atoms with Gasteiger partial charge in [-0.1, -0.05) is 25.1 Å². The minimum Gasteiger partial charge on any atom is -0.353 e. The molecule has 0 bridgehead atoms. The van der Waals surface area contributed by atoms with Crippen molar-refractivity contribution < 1.29 is 4.79 Å². The van der Waals surface area contributed by atoms with Gasteiger partial charge in [0, 0.05) is 50.3 Å². The van der Waals surface area contributed by atoms with Gasteiger partial charge in [-0.05, 0) is 37.1 Å². The highest BCUT2D eigenvalue weighted by Crippen LogP contribution is 2.19. The molecule has 3 heterocycles. The van der Waals surface area contributed by atoms with Gasteiger partial charge in [0.1, 0.15) is 17.5 Å². The van der Waals surface area contributed by atoms with E-state index in [9.17, 15) is 4.79 Å². The molecule has 7 nitrogen and oxygen atoms in total. The summed E-state index contributed by atoms with van der Waals surface area (Å²) >= 11 is 0. The first kappa shape index (κ1) is 19.0. The van der Waals surface area contributed by atoms with Gasteiger partial charge in [0.25, 0.3) is 0 Å². The largest absolute Gasteiger partial charge is 0.353 e. The first-order valence-corrected chi connectivity index (χ1v) is 10.0. The molecule has 3 aromatic rings. The summed E-state index contributed by atoms with van der Waals surface area (Å²) in [5.41, 5.74) is 2.04. The molecule has 4 rings (SSSR count). The minimum absolute atomic E-state index is 0.0440. The zero-order valence-electron chi connectivity index (χ0n) is 16.9. The van der Waals surface area contributed by atoms with Crippen LogP contribution in [0, 0.1) is 6.92 Å². The molecule has 29 heavy (non-hydrogen) atoms. The van der Waals surface area contributed by atoms with Crippen LogP contribution in [0.5, 0.6) is 0 Å². The Morgan fingerprint density at radius 1 is 1.00 bits per heavy atom. The quantitative estimate of drug-likeness (QED) is 0.741. The molecule has 1 N–H and O–H groups in total. The molecule has 2 aromatic heterocycles. The number of anilines is 2. The van der Waals surface area contributed by atoms with E-state index in [0.29, 0.717) is 13.1 Å². The number of aryl methyl sites for hydroxylation is 2. The summed E-state index contributed by atoms with van der Waals surface area (Å²) in [6, 6.07) is 13.9. The third-order valence-corrected chi connectivity index (χ3v) is 5.21. The zero-order chi connectivity index (χ0) is 20.2. The first-order chi connectivity index (χ1) is 14.1. The van der Waals surface area contributed by atoms with Gasteiger partial charge in [-0.15, -0.1) is 0 Å². The number of piperazine rings is 1. The van der Waals surface area contributed by atoms with Crippen molar-refractivity contribution in [2.45, 2.75) is 20.3 Å². The number of nitrogens with zero attached hydrogens (tertiary/aromatic N) is 5. The summed E-state index contributed by atoms with van der Waals surface area (Å²) in [7, 11) is 0. The lowest BCUT2D eigenvalue weighted by Crippen LogP contribution is -2.50. The van der Waals surface area contributed by atoms with Gasteiger partial charge < -0.3 is 19.7 Å². The van der Waals surface area contributed by atoms with Crippen LogP contribution in [0.3, 0.4) is 0 Å². The van der Waals surface area contributed by atoms with Crippen molar-refractivity contribution in [3.05, 3.63) is 66.2 Å². The maximum absolute atomic E-state index is 12.7. The van der Waals surface area contributed by atoms with Crippen LogP contribution in [-0.4, -0.2) is 51.6 Å². The van der Waals surface area contributed by atoms with Crippen molar-refractivity contribution in [1.82, 2.24) is 19.4 Å². The fraction of sp³-hybridized carbons (Fsp3) is 0.318. The minimum atomic E-state index is -0.0440. The van der Waals surface area contributed by atoms with Crippen LogP contribution < -0.4 is 10.2 Å². The highest BCUT2D eigenvalue weighted by atomic mass is 16.2. The van der Waals surface area contributed by atoms with Crippen LogP contribution in [0.2, 0.25) is 0 Å². The Labute approximate surface area is 171 Å². The van der Waals surface area contributed by atoms with Crippen molar-refractivity contribution in [2.24, 2.45) is 0 Å². The van der Waals surface area contributed by atoms with Crippen molar-refractivity contribution in [1.29, 1.82) is 0 Å². The fourth-order valence-corrected chi connectivity index (χ4v) is 3.60. The lowest BCUT2D eigenvalue weighted by Gasteiger charge is -2.35. The summed E-state index contributed by atoms with van der Waals surface area (Å²) in [6.45, 7) is 6.79. The Hall–Kier alpha value is -3.35. The molecule has 0 atom stereocenters. The van der Waals surface area contributed by atoms with Gasteiger partial charge in [0.05, 0.1) is 0 Å². The van der Waals surface area contributed by atoms with E-state index in [1.807, 2.05) is 71.2 Å². The molecular formula is C22H26N6O. The third-order valence-electron chi connectivity index (χ3n) is 5.21. The number of urea groups is 1. The summed E-state index contributed by atoms with van der Waals surface area (Å²) < 4.78 is 1.98. The van der Waals surface area contributed by atoms with E-state index in [-0.39, 0.29) is 6.03 Å². The second-order valence-corrected chi connectivity index (χ2v) is 7.14. The number of hydrogen-bond donors (Lipinski definition) is 1. The number of aromatic nitrogens is 3. The molecule has 0 radical (unpaired) electrons. The van der Waals surface area contributed by atoms with Crippen LogP contribution in [0.1, 0.15) is 18.3 Å². The fourth-order valence-electron chi connectivity index (χ4n) is 3.60. The topological polar surface area (TPSA) is 66.3 Å². The molecular weight excluding hydrogens is 364 g/mol. The standard InChI is InChI=1S/C22H26N6O/c1-3-18-8-4-5-9-19(18)25-22(29)28-14-12-27(13-15-28)21-16-20(23-17(2)24-21)26-10-6-7-11-26/h4-11,16H,3,12-15H2,1-2H3,(H,25,29). The highest BCUT2D eigenvalue weighted by molar-refractivity contribution is 5.90. The van der Waals surface area contributed by atoms with E-state index in [0.717, 1.165) is 48.2 Å². The molecule has 7 heteroatoms. The highest BCUT2D eigenvalue weighted by Gasteiger charge is 2.23. The summed E-state index contributed by atoms with van der Waals surface area (Å²) in [5.74, 6) is 2.49. The van der Waals surface area contributed by atoms with Crippen molar-refractivity contribution >= 4 is 17.5 Å². The van der Waals surface area contributed by atoms with Crippen LogP contribution >= 0.6 is 0 Å². The van der Waals surface area contributed by atoms with E-state index in [1.54, 1.807) is 0 Å². The van der Waals surface area contributed by atoms with E-state index in [2.05, 4.69) is 27.1 Å². The van der Waals surface area contributed by atoms with Gasteiger partial charge in [-0.3, -0.25) is 0 Å². The molecule has 0 saturated carbocycles. The molecule has 150 valence electrons. The number of carbonyl (C=O) groups is 1. The van der Waals surface area contributed by atoms with Crippen molar-refractivity contribution in [3.8, 4) is 5.82 Å². The van der Waals surface area contributed by atoms with Gasteiger partial charge in [-0.25, -0.2) is 14.8 Å². The number of rotatable bonds is 4. The number of benzene rings is 1. The molecule has 0 spiro atoms. The molecule has 1 fully saturated rings. The Morgan fingerprint density at radius 2 is 1.69 bits per heavy atom. The normalized spacial score (nSPS) is 14.1. The van der Waals surface area contributed by atoms with Crippen molar-refractivity contribution in [3.63, 3.8) is 0 Å². The SMILES string of the molecule is CCc1ccccc1NC(=O)N1CCN(c2cc(-n3cccc3)nc(C)n2)CC1. The Kier molecular flexibility index (Phi) is 5.46. The van der Waals surface area contributed by atoms with Gasteiger partial charge in [0.15, 0.2) is 0 Å². The number of carbonyl (C=O) groups excluding carboxylic acids is 1. The first-order valence-electron chi connectivity index (χ1n) is 10.0. The maximum Gasteiger partial charge on any atom is 0.321 e. The lowest BCUT2D eigenvalue weighted by atomic mass is 10.1. The summed E-state index contributed by atoms with van der Waals surface area (Å²) in [4.78, 5) is 25.9. The van der Waals surface area contributed by atoms with Gasteiger partial charge in [0.2, 0.25) is 0 Å². The second-order valence-electron chi connectivity index (χ2n) is 7.14. The predicted octanol–water partition coefficient (Wildman–Crippen LogP) is 3.49.